The molecule has 1 aliphatic rings. The lowest BCUT2D eigenvalue weighted by molar-refractivity contribution is 0.0690. The minimum Gasteiger partial charge on any atom is -0.477 e. The van der Waals surface area contributed by atoms with Gasteiger partial charge in [-0.25, -0.2) is 4.79 Å². The Morgan fingerprint density at radius 3 is 2.89 bits per heavy atom. The van der Waals surface area contributed by atoms with E-state index in [0.29, 0.717) is 22.8 Å². The first-order chi connectivity index (χ1) is 8.66. The molecule has 1 aromatic heterocycles. The predicted molar refractivity (Wildman–Crippen MR) is 64.8 cm³/mol. The summed E-state index contributed by atoms with van der Waals surface area (Å²) in [4.78, 5) is 10.8. The number of H-pyrrole nitrogens is 1. The minimum absolute atomic E-state index is 0.0283. The quantitative estimate of drug-likeness (QED) is 0.889. The number of nitrogens with one attached hydrogen (secondary N) is 1. The van der Waals surface area contributed by atoms with Gasteiger partial charge in [0.1, 0.15) is 5.69 Å². The predicted octanol–water partition coefficient (Wildman–Crippen LogP) is 2.27. The fourth-order valence-corrected chi connectivity index (χ4v) is 2.16. The highest BCUT2D eigenvalue weighted by molar-refractivity contribution is 9.10. The zero-order valence-corrected chi connectivity index (χ0v) is 10.5. The third-order valence-corrected chi connectivity index (χ3v) is 3.18. The van der Waals surface area contributed by atoms with Crippen LogP contribution in [0.2, 0.25) is 0 Å². The minimum atomic E-state index is -1.06. The average molecular weight is 311 g/mol. The molecule has 0 aliphatic carbocycles. The third-order valence-electron chi connectivity index (χ3n) is 2.55. The van der Waals surface area contributed by atoms with E-state index in [9.17, 15) is 4.79 Å². The normalized spacial score (nSPS) is 12.7. The van der Waals surface area contributed by atoms with E-state index in [1.54, 1.807) is 12.1 Å². The first kappa shape index (κ1) is 11.1. The molecule has 0 spiro atoms. The number of carboxylic acid groups (broad SMARTS) is 1. The van der Waals surface area contributed by atoms with Gasteiger partial charge in [-0.15, -0.1) is 0 Å². The van der Waals surface area contributed by atoms with Crippen LogP contribution < -0.4 is 9.47 Å². The maximum atomic E-state index is 10.8. The standard InChI is InChI=1S/C11H7BrN2O4/c12-6-2-1-5(9-10(6)18-4-17-9)7-3-8(11(15)16)14-13-7/h1-3H,4H2,(H,13,14)(H,15,16). The second kappa shape index (κ2) is 4.02. The number of benzene rings is 1. The Balaban J connectivity index is 2.12. The Morgan fingerprint density at radius 1 is 1.39 bits per heavy atom. The second-order valence-corrected chi connectivity index (χ2v) is 4.49. The van der Waals surface area contributed by atoms with Gasteiger partial charge in [-0.05, 0) is 34.1 Å². The molecule has 2 heterocycles. The van der Waals surface area contributed by atoms with Crippen molar-refractivity contribution in [3.05, 3.63) is 28.4 Å². The van der Waals surface area contributed by atoms with Crippen molar-refractivity contribution in [1.82, 2.24) is 10.2 Å². The summed E-state index contributed by atoms with van der Waals surface area (Å²) in [7, 11) is 0. The van der Waals surface area contributed by atoms with Crippen LogP contribution in [0.25, 0.3) is 11.3 Å². The van der Waals surface area contributed by atoms with Crippen molar-refractivity contribution in [3.8, 4) is 22.8 Å². The van der Waals surface area contributed by atoms with Crippen molar-refractivity contribution < 1.29 is 19.4 Å². The van der Waals surface area contributed by atoms with Crippen LogP contribution >= 0.6 is 15.9 Å². The smallest absolute Gasteiger partial charge is 0.353 e. The van der Waals surface area contributed by atoms with Crippen molar-refractivity contribution in [2.24, 2.45) is 0 Å². The van der Waals surface area contributed by atoms with Gasteiger partial charge in [-0.3, -0.25) is 5.10 Å². The summed E-state index contributed by atoms with van der Waals surface area (Å²) in [6, 6.07) is 5.05. The van der Waals surface area contributed by atoms with Crippen molar-refractivity contribution in [1.29, 1.82) is 0 Å². The van der Waals surface area contributed by atoms with Gasteiger partial charge in [-0.1, -0.05) is 0 Å². The monoisotopic (exact) mass is 310 g/mol. The summed E-state index contributed by atoms with van der Waals surface area (Å²) in [6.07, 6.45) is 0. The number of halogens is 1. The molecule has 7 heteroatoms. The highest BCUT2D eigenvalue weighted by Crippen LogP contribution is 2.45. The molecule has 18 heavy (non-hydrogen) atoms. The van der Waals surface area contributed by atoms with Gasteiger partial charge >= 0.3 is 5.97 Å². The SMILES string of the molecule is O=C(O)c1cc(-c2ccc(Br)c3c2OCO3)n[nH]1. The lowest BCUT2D eigenvalue weighted by Gasteiger charge is -2.03. The molecule has 0 bridgehead atoms. The molecule has 2 aromatic rings. The van der Waals surface area contributed by atoms with Crippen molar-refractivity contribution in [2.75, 3.05) is 6.79 Å². The van der Waals surface area contributed by atoms with E-state index in [1.807, 2.05) is 0 Å². The van der Waals surface area contributed by atoms with E-state index in [0.717, 1.165) is 4.47 Å². The van der Waals surface area contributed by atoms with Crippen LogP contribution in [0, 0.1) is 0 Å². The van der Waals surface area contributed by atoms with Gasteiger partial charge in [-0.2, -0.15) is 5.10 Å². The number of carboxylic acids is 1. The van der Waals surface area contributed by atoms with Crippen LogP contribution in [0.3, 0.4) is 0 Å². The molecule has 0 amide bonds. The number of nitrogens with zero attached hydrogens (tertiary/aromatic N) is 1. The molecule has 0 unspecified atom stereocenters. The van der Waals surface area contributed by atoms with Gasteiger partial charge in [0, 0.05) is 5.56 Å². The van der Waals surface area contributed by atoms with E-state index in [4.69, 9.17) is 14.6 Å². The number of rotatable bonds is 2. The summed E-state index contributed by atoms with van der Waals surface area (Å²) in [5.74, 6) is 0.111. The summed E-state index contributed by atoms with van der Waals surface area (Å²) in [5, 5.41) is 15.3. The largest absolute Gasteiger partial charge is 0.477 e. The summed E-state index contributed by atoms with van der Waals surface area (Å²) in [5.41, 5.74) is 1.22. The third kappa shape index (κ3) is 1.63. The maximum Gasteiger partial charge on any atom is 0.353 e. The number of ether oxygens (including phenoxy) is 2. The van der Waals surface area contributed by atoms with Crippen molar-refractivity contribution in [2.45, 2.75) is 0 Å². The molecule has 6 nitrogen and oxygen atoms in total. The highest BCUT2D eigenvalue weighted by Gasteiger charge is 2.23. The van der Waals surface area contributed by atoms with E-state index < -0.39 is 5.97 Å². The molecule has 1 aliphatic heterocycles. The zero-order valence-electron chi connectivity index (χ0n) is 8.94. The number of aromatic amines is 1. The van der Waals surface area contributed by atoms with E-state index in [2.05, 4.69) is 26.1 Å². The Kier molecular flexibility index (Phi) is 2.48. The Morgan fingerprint density at radius 2 is 2.17 bits per heavy atom. The van der Waals surface area contributed by atoms with Gasteiger partial charge in [0.15, 0.2) is 11.5 Å². The van der Waals surface area contributed by atoms with Crippen molar-refractivity contribution in [3.63, 3.8) is 0 Å². The molecule has 0 fully saturated rings. The molecule has 92 valence electrons. The summed E-state index contributed by atoms with van der Waals surface area (Å²) >= 11 is 3.36. The van der Waals surface area contributed by atoms with E-state index in [-0.39, 0.29) is 12.5 Å². The molecular weight excluding hydrogens is 304 g/mol. The fraction of sp³-hybridized carbons (Fsp3) is 0.0909. The van der Waals surface area contributed by atoms with Crippen LogP contribution in [-0.2, 0) is 0 Å². The van der Waals surface area contributed by atoms with Crippen LogP contribution in [0.4, 0.5) is 0 Å². The molecule has 1 aromatic carbocycles. The summed E-state index contributed by atoms with van der Waals surface area (Å²) < 4.78 is 11.5. The Labute approximate surface area is 110 Å². The number of hydrogen-bond donors (Lipinski definition) is 2. The molecule has 0 atom stereocenters. The van der Waals surface area contributed by atoms with Crippen LogP contribution in [0.15, 0.2) is 22.7 Å². The number of fused-ring (bicyclic) bond motifs is 1. The van der Waals surface area contributed by atoms with Gasteiger partial charge in [0.05, 0.1) is 10.2 Å². The van der Waals surface area contributed by atoms with Crippen LogP contribution in [-0.4, -0.2) is 28.1 Å². The van der Waals surface area contributed by atoms with Gasteiger partial charge < -0.3 is 14.6 Å². The van der Waals surface area contributed by atoms with Gasteiger partial charge in [0.25, 0.3) is 0 Å². The van der Waals surface area contributed by atoms with E-state index >= 15 is 0 Å². The molecule has 3 rings (SSSR count). The molecule has 0 saturated carbocycles. The average Bonchev–Trinajstić information content (AvgIpc) is 2.98. The van der Waals surface area contributed by atoms with Crippen LogP contribution in [0.1, 0.15) is 10.5 Å². The first-order valence-corrected chi connectivity index (χ1v) is 5.83. The molecular formula is C11H7BrN2O4. The van der Waals surface area contributed by atoms with Crippen molar-refractivity contribution >= 4 is 21.9 Å². The summed E-state index contributed by atoms with van der Waals surface area (Å²) in [6.45, 7) is 0.140. The fourth-order valence-electron chi connectivity index (χ4n) is 1.73. The Hall–Kier alpha value is -2.02. The number of aromatic nitrogens is 2. The lowest BCUT2D eigenvalue weighted by atomic mass is 10.1. The Bertz CT molecular complexity index is 638. The molecule has 0 radical (unpaired) electrons. The molecule has 0 saturated heterocycles. The first-order valence-electron chi connectivity index (χ1n) is 5.04. The van der Waals surface area contributed by atoms with Gasteiger partial charge in [0.2, 0.25) is 6.79 Å². The highest BCUT2D eigenvalue weighted by atomic mass is 79.9. The second-order valence-electron chi connectivity index (χ2n) is 3.63. The topological polar surface area (TPSA) is 84.4 Å². The lowest BCUT2D eigenvalue weighted by Crippen LogP contribution is -1.95. The molecule has 2 N–H and O–H groups in total. The number of hydrogen-bond acceptors (Lipinski definition) is 4. The number of carbonyl (C=O) groups is 1. The maximum absolute atomic E-state index is 10.8. The number of aromatic carboxylic acids is 1. The zero-order chi connectivity index (χ0) is 12.7. The van der Waals surface area contributed by atoms with Crippen LogP contribution in [0.5, 0.6) is 11.5 Å². The van der Waals surface area contributed by atoms with E-state index in [1.165, 1.54) is 6.07 Å².